The summed E-state index contributed by atoms with van der Waals surface area (Å²) in [5, 5.41) is 3.01. The van der Waals surface area contributed by atoms with Crippen LogP contribution in [-0.2, 0) is 11.3 Å². The van der Waals surface area contributed by atoms with Crippen molar-refractivity contribution < 1.29 is 9.21 Å². The molecule has 1 aromatic heterocycles. The monoisotopic (exact) mass is 208 g/mol. The van der Waals surface area contributed by atoms with Crippen LogP contribution in [0.15, 0.2) is 16.5 Å². The topological polar surface area (TPSA) is 45.5 Å². The van der Waals surface area contributed by atoms with E-state index < -0.39 is 0 Å². The van der Waals surface area contributed by atoms with E-state index in [0.29, 0.717) is 6.54 Å². The van der Waals surface area contributed by atoms with Gasteiger partial charge in [0.2, 0.25) is 5.91 Å². The van der Waals surface area contributed by atoms with Crippen molar-refractivity contribution in [3.8, 4) is 0 Å². The summed E-state index contributed by atoms with van der Waals surface area (Å²) in [5.41, 5.74) is 0. The second-order valence-corrected chi connectivity index (χ2v) is 3.90. The maximum atomic E-state index is 11.8. The Morgan fingerprint density at radius 1 is 1.60 bits per heavy atom. The minimum Gasteiger partial charge on any atom is -0.464 e. The predicted molar refractivity (Wildman–Crippen MR) is 56.3 cm³/mol. The number of rotatable bonds is 3. The van der Waals surface area contributed by atoms with E-state index in [1.807, 2.05) is 31.0 Å². The minimum absolute atomic E-state index is 0.0129. The summed E-state index contributed by atoms with van der Waals surface area (Å²) in [7, 11) is 1.82. The van der Waals surface area contributed by atoms with Gasteiger partial charge in [0.15, 0.2) is 0 Å². The molecule has 1 amide bonds. The lowest BCUT2D eigenvalue weighted by molar-refractivity contribution is -0.130. The van der Waals surface area contributed by atoms with Crippen LogP contribution in [0.5, 0.6) is 0 Å². The average Bonchev–Trinajstić information content (AvgIpc) is 2.76. The fourth-order valence-corrected chi connectivity index (χ4v) is 1.92. The van der Waals surface area contributed by atoms with Gasteiger partial charge in [-0.2, -0.15) is 0 Å². The number of nitrogens with zero attached hydrogens (tertiary/aromatic N) is 1. The standard InChI is InChI=1S/C11H16N2O2/c1-8-3-4-9(15-8)7-13-6-5-10(12-2)11(13)14/h3-4,10,12H,5-7H2,1-2H3. The zero-order chi connectivity index (χ0) is 10.8. The van der Waals surface area contributed by atoms with Crippen LogP contribution in [-0.4, -0.2) is 30.4 Å². The molecule has 1 saturated heterocycles. The number of hydrogen-bond donors (Lipinski definition) is 1. The smallest absolute Gasteiger partial charge is 0.240 e. The summed E-state index contributed by atoms with van der Waals surface area (Å²) in [5.74, 6) is 1.92. The van der Waals surface area contributed by atoms with Crippen LogP contribution in [0.3, 0.4) is 0 Å². The van der Waals surface area contributed by atoms with Crippen molar-refractivity contribution in [2.75, 3.05) is 13.6 Å². The summed E-state index contributed by atoms with van der Waals surface area (Å²) >= 11 is 0. The first kappa shape index (κ1) is 10.2. The van der Waals surface area contributed by atoms with Crippen molar-refractivity contribution >= 4 is 5.91 Å². The number of carbonyl (C=O) groups is 1. The molecule has 82 valence electrons. The van der Waals surface area contributed by atoms with E-state index in [2.05, 4.69) is 5.32 Å². The molecule has 0 radical (unpaired) electrons. The van der Waals surface area contributed by atoms with Crippen LogP contribution in [0.2, 0.25) is 0 Å². The highest BCUT2D eigenvalue weighted by Gasteiger charge is 2.30. The molecular weight excluding hydrogens is 192 g/mol. The summed E-state index contributed by atoms with van der Waals surface area (Å²) in [6, 6.07) is 3.84. The number of aryl methyl sites for hydroxylation is 1. The first-order chi connectivity index (χ1) is 7.20. The van der Waals surface area contributed by atoms with Crippen LogP contribution in [0.25, 0.3) is 0 Å². The van der Waals surface area contributed by atoms with Crippen molar-refractivity contribution in [2.45, 2.75) is 25.9 Å². The van der Waals surface area contributed by atoms with Crippen LogP contribution < -0.4 is 5.32 Å². The summed E-state index contributed by atoms with van der Waals surface area (Å²) in [4.78, 5) is 13.6. The van der Waals surface area contributed by atoms with E-state index in [9.17, 15) is 4.79 Å². The zero-order valence-electron chi connectivity index (χ0n) is 9.12. The van der Waals surface area contributed by atoms with Gasteiger partial charge >= 0.3 is 0 Å². The normalized spacial score (nSPS) is 21.3. The van der Waals surface area contributed by atoms with Gasteiger partial charge in [0.1, 0.15) is 11.5 Å². The molecule has 4 heteroatoms. The Kier molecular flexibility index (Phi) is 2.77. The van der Waals surface area contributed by atoms with E-state index in [0.717, 1.165) is 24.5 Å². The molecule has 0 aliphatic carbocycles. The van der Waals surface area contributed by atoms with E-state index in [1.165, 1.54) is 0 Å². The van der Waals surface area contributed by atoms with Crippen molar-refractivity contribution in [3.63, 3.8) is 0 Å². The molecule has 15 heavy (non-hydrogen) atoms. The predicted octanol–water partition coefficient (Wildman–Crippen LogP) is 0.908. The summed E-state index contributed by atoms with van der Waals surface area (Å²) in [6.07, 6.45) is 0.884. The van der Waals surface area contributed by atoms with Gasteiger partial charge in [-0.25, -0.2) is 0 Å². The number of likely N-dealkylation sites (N-methyl/N-ethyl adjacent to an activating group) is 1. The van der Waals surface area contributed by atoms with Crippen molar-refractivity contribution in [1.82, 2.24) is 10.2 Å². The molecule has 2 rings (SSSR count). The zero-order valence-corrected chi connectivity index (χ0v) is 9.12. The van der Waals surface area contributed by atoms with Gasteiger partial charge in [0.05, 0.1) is 12.6 Å². The molecule has 1 unspecified atom stereocenters. The third-order valence-electron chi connectivity index (χ3n) is 2.79. The maximum absolute atomic E-state index is 11.8. The second kappa shape index (κ2) is 4.06. The van der Waals surface area contributed by atoms with E-state index in [4.69, 9.17) is 4.42 Å². The Bertz CT molecular complexity index is 359. The molecule has 0 spiro atoms. The molecule has 1 aliphatic rings. The molecule has 4 nitrogen and oxygen atoms in total. The van der Waals surface area contributed by atoms with Gasteiger partial charge in [-0.1, -0.05) is 0 Å². The van der Waals surface area contributed by atoms with Crippen molar-refractivity contribution in [2.24, 2.45) is 0 Å². The fourth-order valence-electron chi connectivity index (χ4n) is 1.92. The molecule has 2 heterocycles. The third-order valence-corrected chi connectivity index (χ3v) is 2.79. The number of furan rings is 1. The lowest BCUT2D eigenvalue weighted by atomic mass is 10.3. The highest BCUT2D eigenvalue weighted by molar-refractivity contribution is 5.83. The Labute approximate surface area is 89.2 Å². The highest BCUT2D eigenvalue weighted by atomic mass is 16.3. The van der Waals surface area contributed by atoms with Gasteiger partial charge in [-0.3, -0.25) is 4.79 Å². The molecule has 0 bridgehead atoms. The fraction of sp³-hybridized carbons (Fsp3) is 0.545. The summed E-state index contributed by atoms with van der Waals surface area (Å²) < 4.78 is 5.45. The molecule has 1 N–H and O–H groups in total. The Balaban J connectivity index is 1.99. The lowest BCUT2D eigenvalue weighted by Crippen LogP contribution is -2.35. The first-order valence-corrected chi connectivity index (χ1v) is 5.22. The Morgan fingerprint density at radius 2 is 2.40 bits per heavy atom. The number of amides is 1. The van der Waals surface area contributed by atoms with Gasteiger partial charge in [0.25, 0.3) is 0 Å². The third kappa shape index (κ3) is 2.04. The van der Waals surface area contributed by atoms with Gasteiger partial charge in [-0.15, -0.1) is 0 Å². The number of carbonyl (C=O) groups excluding carboxylic acids is 1. The quantitative estimate of drug-likeness (QED) is 0.803. The average molecular weight is 208 g/mol. The lowest BCUT2D eigenvalue weighted by Gasteiger charge is -2.14. The first-order valence-electron chi connectivity index (χ1n) is 5.22. The Morgan fingerprint density at radius 3 is 2.93 bits per heavy atom. The second-order valence-electron chi connectivity index (χ2n) is 3.90. The molecule has 0 aromatic carbocycles. The Hall–Kier alpha value is -1.29. The van der Waals surface area contributed by atoms with E-state index in [1.54, 1.807) is 0 Å². The van der Waals surface area contributed by atoms with Gasteiger partial charge < -0.3 is 14.6 Å². The molecular formula is C11H16N2O2. The minimum atomic E-state index is -0.0129. The van der Waals surface area contributed by atoms with E-state index >= 15 is 0 Å². The van der Waals surface area contributed by atoms with Crippen molar-refractivity contribution in [1.29, 1.82) is 0 Å². The van der Waals surface area contributed by atoms with Crippen LogP contribution in [0.4, 0.5) is 0 Å². The van der Waals surface area contributed by atoms with Gasteiger partial charge in [0, 0.05) is 6.54 Å². The number of hydrogen-bond acceptors (Lipinski definition) is 3. The largest absolute Gasteiger partial charge is 0.464 e. The van der Waals surface area contributed by atoms with Gasteiger partial charge in [-0.05, 0) is 32.5 Å². The van der Waals surface area contributed by atoms with Crippen LogP contribution in [0, 0.1) is 6.92 Å². The summed E-state index contributed by atoms with van der Waals surface area (Å²) in [6.45, 7) is 3.31. The SMILES string of the molecule is CNC1CCN(Cc2ccc(C)o2)C1=O. The van der Waals surface area contributed by atoms with Crippen LogP contribution in [0.1, 0.15) is 17.9 Å². The molecule has 1 atom stereocenters. The van der Waals surface area contributed by atoms with Crippen LogP contribution >= 0.6 is 0 Å². The molecule has 1 fully saturated rings. The maximum Gasteiger partial charge on any atom is 0.240 e. The molecule has 0 saturated carbocycles. The number of nitrogens with one attached hydrogen (secondary N) is 1. The van der Waals surface area contributed by atoms with E-state index in [-0.39, 0.29) is 11.9 Å². The van der Waals surface area contributed by atoms with Crippen molar-refractivity contribution in [3.05, 3.63) is 23.7 Å². The number of likely N-dealkylation sites (tertiary alicyclic amines) is 1. The molecule has 1 aromatic rings. The molecule has 1 aliphatic heterocycles. The highest BCUT2D eigenvalue weighted by Crippen LogP contribution is 2.16.